The number of sulfonamides is 1. The van der Waals surface area contributed by atoms with Crippen LogP contribution in [0.2, 0.25) is 10.0 Å². The number of nitrogens with one attached hydrogen (secondary N) is 2. The highest BCUT2D eigenvalue weighted by Gasteiger charge is 2.38. The average Bonchev–Trinajstić information content (AvgIpc) is 3.27. The fraction of sp³-hybridized carbons (Fsp3) is 0.167. The summed E-state index contributed by atoms with van der Waals surface area (Å²) in [4.78, 5) is 0.190. The molecule has 5 rings (SSSR count). The normalized spacial score (nSPS) is 21.5. The molecule has 3 aromatic carbocycles. The Kier molecular flexibility index (Phi) is 5.74. The number of allylic oxidation sites excluding steroid dienone is 2. The van der Waals surface area contributed by atoms with Crippen LogP contribution < -0.4 is 10.0 Å². The Balaban J connectivity index is 1.49. The molecule has 0 saturated carbocycles. The van der Waals surface area contributed by atoms with Crippen molar-refractivity contribution in [1.82, 2.24) is 0 Å². The molecule has 2 aliphatic rings. The van der Waals surface area contributed by atoms with Gasteiger partial charge in [0.15, 0.2) is 0 Å². The van der Waals surface area contributed by atoms with Crippen molar-refractivity contribution in [1.29, 1.82) is 0 Å². The van der Waals surface area contributed by atoms with Gasteiger partial charge in [-0.25, -0.2) is 8.42 Å². The minimum atomic E-state index is -3.84. The molecule has 1 aliphatic heterocycles. The van der Waals surface area contributed by atoms with Gasteiger partial charge in [-0.05, 0) is 65.9 Å². The maximum Gasteiger partial charge on any atom is 0.261 e. The second-order valence-corrected chi connectivity index (χ2v) is 11.4. The van der Waals surface area contributed by atoms with Gasteiger partial charge in [-0.2, -0.15) is 0 Å². The zero-order valence-electron chi connectivity index (χ0n) is 16.7. The molecule has 0 bridgehead atoms. The van der Waals surface area contributed by atoms with Crippen LogP contribution >= 0.6 is 39.1 Å². The van der Waals surface area contributed by atoms with Gasteiger partial charge in [0.1, 0.15) is 0 Å². The molecular formula is C24H19BrCl2N2O2S. The van der Waals surface area contributed by atoms with Gasteiger partial charge >= 0.3 is 0 Å². The summed E-state index contributed by atoms with van der Waals surface area (Å²) < 4.78 is 29.8. The summed E-state index contributed by atoms with van der Waals surface area (Å²) in [7, 11) is -3.84. The number of benzene rings is 3. The zero-order valence-corrected chi connectivity index (χ0v) is 20.6. The summed E-state index contributed by atoms with van der Waals surface area (Å²) in [5.74, 6) is 0.460. The quantitative estimate of drug-likeness (QED) is 0.334. The lowest BCUT2D eigenvalue weighted by atomic mass is 9.77. The average molecular weight is 550 g/mol. The first kappa shape index (κ1) is 21.8. The molecule has 1 aliphatic carbocycles. The van der Waals surface area contributed by atoms with Gasteiger partial charge in [0.25, 0.3) is 10.0 Å². The van der Waals surface area contributed by atoms with Crippen LogP contribution in [-0.2, 0) is 10.0 Å². The van der Waals surface area contributed by atoms with E-state index >= 15 is 0 Å². The van der Waals surface area contributed by atoms with Crippen LogP contribution in [0.4, 0.5) is 11.4 Å². The van der Waals surface area contributed by atoms with E-state index in [9.17, 15) is 8.42 Å². The molecule has 4 nitrogen and oxygen atoms in total. The molecule has 0 saturated heterocycles. The molecule has 8 heteroatoms. The molecule has 3 aromatic rings. The third kappa shape index (κ3) is 3.94. The van der Waals surface area contributed by atoms with Gasteiger partial charge in [0.2, 0.25) is 0 Å². The van der Waals surface area contributed by atoms with Crippen LogP contribution in [0.5, 0.6) is 0 Å². The summed E-state index contributed by atoms with van der Waals surface area (Å²) in [6, 6.07) is 18.6. The van der Waals surface area contributed by atoms with E-state index in [1.165, 1.54) is 5.56 Å². The number of hydrogen-bond donors (Lipinski definition) is 2. The molecular weight excluding hydrogens is 531 g/mol. The summed E-state index contributed by atoms with van der Waals surface area (Å²) in [5, 5.41) is 4.11. The van der Waals surface area contributed by atoms with Crippen molar-refractivity contribution < 1.29 is 8.42 Å². The Morgan fingerprint density at radius 2 is 1.81 bits per heavy atom. The van der Waals surface area contributed by atoms with E-state index in [4.69, 9.17) is 23.2 Å². The molecule has 3 atom stereocenters. The predicted molar refractivity (Wildman–Crippen MR) is 134 cm³/mol. The minimum absolute atomic E-state index is 0.143. The van der Waals surface area contributed by atoms with Gasteiger partial charge in [-0.15, -0.1) is 0 Å². The fourth-order valence-electron chi connectivity index (χ4n) is 4.53. The van der Waals surface area contributed by atoms with Gasteiger partial charge in [0.05, 0.1) is 26.7 Å². The Morgan fingerprint density at radius 1 is 1.03 bits per heavy atom. The van der Waals surface area contributed by atoms with Gasteiger partial charge in [0, 0.05) is 16.1 Å². The van der Waals surface area contributed by atoms with Crippen molar-refractivity contribution >= 4 is 60.5 Å². The highest BCUT2D eigenvalue weighted by molar-refractivity contribution is 9.10. The predicted octanol–water partition coefficient (Wildman–Crippen LogP) is 7.38. The Labute approximate surface area is 205 Å². The van der Waals surface area contributed by atoms with Crippen molar-refractivity contribution in [2.45, 2.75) is 23.3 Å². The molecule has 32 heavy (non-hydrogen) atoms. The Morgan fingerprint density at radius 3 is 2.59 bits per heavy atom. The smallest absolute Gasteiger partial charge is 0.261 e. The number of halogens is 3. The van der Waals surface area contributed by atoms with Crippen molar-refractivity contribution in [3.05, 3.63) is 98.5 Å². The summed E-state index contributed by atoms with van der Waals surface area (Å²) in [6.07, 6.45) is 5.31. The topological polar surface area (TPSA) is 58.2 Å². The maximum atomic E-state index is 13.1. The number of hydrogen-bond acceptors (Lipinski definition) is 3. The van der Waals surface area contributed by atoms with Gasteiger partial charge in [-0.3, -0.25) is 4.72 Å². The molecule has 2 N–H and O–H groups in total. The maximum absolute atomic E-state index is 13.1. The van der Waals surface area contributed by atoms with E-state index in [2.05, 4.69) is 50.3 Å². The van der Waals surface area contributed by atoms with Crippen molar-refractivity contribution in [2.24, 2.45) is 5.92 Å². The lowest BCUT2D eigenvalue weighted by molar-refractivity contribution is 0.425. The van der Waals surface area contributed by atoms with Gasteiger partial charge < -0.3 is 5.32 Å². The van der Waals surface area contributed by atoms with Crippen LogP contribution in [0, 0.1) is 5.92 Å². The first-order chi connectivity index (χ1) is 15.3. The SMILES string of the molecule is O=S(=O)(Nc1cccc(Cl)c1Cl)c1ccc2c(c1)[C@@H]1C=CC[C@H]1[C@@H](c1ccc(Br)cc1)N2. The van der Waals surface area contributed by atoms with E-state index < -0.39 is 10.0 Å². The summed E-state index contributed by atoms with van der Waals surface area (Å²) >= 11 is 15.7. The second-order valence-electron chi connectivity index (χ2n) is 7.98. The fourth-order valence-corrected chi connectivity index (χ4v) is 6.30. The summed E-state index contributed by atoms with van der Waals surface area (Å²) in [5.41, 5.74) is 3.40. The molecule has 0 aromatic heterocycles. The molecule has 0 unspecified atom stereocenters. The van der Waals surface area contributed by atoms with Crippen LogP contribution in [0.1, 0.15) is 29.5 Å². The lowest BCUT2D eigenvalue weighted by Crippen LogP contribution is -2.29. The molecule has 0 radical (unpaired) electrons. The number of rotatable bonds is 4. The molecule has 0 amide bonds. The van der Waals surface area contributed by atoms with Crippen molar-refractivity contribution in [2.75, 3.05) is 10.0 Å². The van der Waals surface area contributed by atoms with Crippen LogP contribution in [0.15, 0.2) is 82.2 Å². The second kappa shape index (κ2) is 8.41. The van der Waals surface area contributed by atoms with Gasteiger partial charge in [-0.1, -0.05) is 69.5 Å². The van der Waals surface area contributed by atoms with E-state index in [-0.39, 0.29) is 27.6 Å². The monoisotopic (exact) mass is 548 g/mol. The van der Waals surface area contributed by atoms with Crippen LogP contribution in [0.3, 0.4) is 0 Å². The van der Waals surface area contributed by atoms with Crippen LogP contribution in [-0.4, -0.2) is 8.42 Å². The number of fused-ring (bicyclic) bond motifs is 3. The standard InChI is InChI=1S/C24H19BrCl2N2O2S/c25-15-9-7-14(8-10-15)24-18-4-1-3-17(18)19-13-16(11-12-21(19)28-24)32(30,31)29-22-6-2-5-20(26)23(22)27/h1-3,5-13,17-18,24,28-29H,4H2/t17-,18-,24-/m1/s1. The van der Waals surface area contributed by atoms with Crippen molar-refractivity contribution in [3.8, 4) is 0 Å². The third-order valence-corrected chi connectivity index (χ3v) is 8.78. The first-order valence-electron chi connectivity index (χ1n) is 10.1. The molecule has 1 heterocycles. The van der Waals surface area contributed by atoms with E-state index in [1.807, 2.05) is 18.2 Å². The zero-order chi connectivity index (χ0) is 22.5. The number of anilines is 2. The largest absolute Gasteiger partial charge is 0.378 e. The highest BCUT2D eigenvalue weighted by atomic mass is 79.9. The molecule has 0 spiro atoms. The van der Waals surface area contributed by atoms with E-state index in [0.29, 0.717) is 10.9 Å². The van der Waals surface area contributed by atoms with E-state index in [0.717, 1.165) is 22.1 Å². The molecule has 0 fully saturated rings. The van der Waals surface area contributed by atoms with Crippen molar-refractivity contribution in [3.63, 3.8) is 0 Å². The lowest BCUT2D eigenvalue weighted by Gasteiger charge is -2.37. The molecule has 164 valence electrons. The Hall–Kier alpha value is -1.99. The van der Waals surface area contributed by atoms with E-state index in [1.54, 1.807) is 30.3 Å². The Bertz CT molecular complexity index is 1330. The summed E-state index contributed by atoms with van der Waals surface area (Å²) in [6.45, 7) is 0. The third-order valence-electron chi connectivity index (χ3n) is 6.07. The van der Waals surface area contributed by atoms with Crippen LogP contribution in [0.25, 0.3) is 0 Å². The first-order valence-corrected chi connectivity index (χ1v) is 13.2. The highest BCUT2D eigenvalue weighted by Crippen LogP contribution is 2.50. The minimum Gasteiger partial charge on any atom is -0.378 e.